The third-order valence-corrected chi connectivity index (χ3v) is 7.04. The van der Waals surface area contributed by atoms with Crippen LogP contribution in [-0.2, 0) is 24.0 Å². The highest BCUT2D eigenvalue weighted by Crippen LogP contribution is 2.38. The Labute approximate surface area is 199 Å². The lowest BCUT2D eigenvalue weighted by molar-refractivity contribution is 0.0527. The molecule has 0 aliphatic heterocycles. The maximum absolute atomic E-state index is 12.8. The second-order valence-electron chi connectivity index (χ2n) is 7.89. The van der Waals surface area contributed by atoms with Gasteiger partial charge in [-0.15, -0.1) is 11.3 Å². The smallest absolute Gasteiger partial charge is 0.341 e. The van der Waals surface area contributed by atoms with Gasteiger partial charge in [-0.05, 0) is 74.0 Å². The summed E-state index contributed by atoms with van der Waals surface area (Å²) in [4.78, 5) is 14.1. The molecule has 4 rings (SSSR count). The molecule has 6 heteroatoms. The Morgan fingerprint density at radius 1 is 1.00 bits per heavy atom. The molecule has 1 aliphatic rings. The standard InChI is InChI=1S/C26H28N2O2S2/c1-2-30-25(29)23-20-14-7-4-8-16-22(20)32-24(23)28-26(31)27-21-15-10-9-13-19(21)17-18-11-5-3-6-12-18/h3,5-6,9-13,15H,2,4,7-8,14,16-17H2,1H3,(H2,27,28,31). The van der Waals surface area contributed by atoms with Crippen molar-refractivity contribution in [2.75, 3.05) is 17.2 Å². The zero-order valence-corrected chi connectivity index (χ0v) is 19.9. The summed E-state index contributed by atoms with van der Waals surface area (Å²) in [6, 6.07) is 18.5. The first kappa shape index (κ1) is 22.5. The van der Waals surface area contributed by atoms with E-state index in [1.807, 2.05) is 31.2 Å². The summed E-state index contributed by atoms with van der Waals surface area (Å²) >= 11 is 7.29. The largest absolute Gasteiger partial charge is 0.462 e. The number of hydrogen-bond donors (Lipinski definition) is 2. The first-order chi connectivity index (χ1) is 15.7. The quantitative estimate of drug-likeness (QED) is 0.245. The second kappa shape index (κ2) is 10.7. The summed E-state index contributed by atoms with van der Waals surface area (Å²) in [5.74, 6) is -0.262. The van der Waals surface area contributed by atoms with Gasteiger partial charge in [0.2, 0.25) is 0 Å². The molecule has 0 unspecified atom stereocenters. The van der Waals surface area contributed by atoms with Crippen molar-refractivity contribution in [2.45, 2.75) is 45.4 Å². The molecule has 4 nitrogen and oxygen atoms in total. The predicted molar refractivity (Wildman–Crippen MR) is 137 cm³/mol. The van der Waals surface area contributed by atoms with E-state index in [-0.39, 0.29) is 5.97 Å². The Morgan fingerprint density at radius 2 is 1.75 bits per heavy atom. The van der Waals surface area contributed by atoms with E-state index in [1.165, 1.54) is 16.9 Å². The Balaban J connectivity index is 1.54. The molecule has 3 aromatic rings. The second-order valence-corrected chi connectivity index (χ2v) is 9.40. The third-order valence-electron chi connectivity index (χ3n) is 5.63. The Hall–Kier alpha value is -2.70. The van der Waals surface area contributed by atoms with Gasteiger partial charge >= 0.3 is 5.97 Å². The SMILES string of the molecule is CCOC(=O)c1c(NC(=S)Nc2ccccc2Cc2ccccc2)sc2c1CCCCC2. The van der Waals surface area contributed by atoms with Crippen LogP contribution in [0.25, 0.3) is 0 Å². The van der Waals surface area contributed by atoms with Gasteiger partial charge in [-0.1, -0.05) is 55.0 Å². The van der Waals surface area contributed by atoms with E-state index in [9.17, 15) is 4.79 Å². The van der Waals surface area contributed by atoms with Gasteiger partial charge in [0.1, 0.15) is 5.00 Å². The summed E-state index contributed by atoms with van der Waals surface area (Å²) < 4.78 is 5.38. The number of carbonyl (C=O) groups excluding carboxylic acids is 1. The molecule has 2 aromatic carbocycles. The number of ether oxygens (including phenoxy) is 1. The van der Waals surface area contributed by atoms with Crippen molar-refractivity contribution in [1.29, 1.82) is 0 Å². The van der Waals surface area contributed by atoms with Crippen LogP contribution in [0.5, 0.6) is 0 Å². The van der Waals surface area contributed by atoms with Crippen molar-refractivity contribution in [2.24, 2.45) is 0 Å². The topological polar surface area (TPSA) is 50.4 Å². The van der Waals surface area contributed by atoms with Crippen molar-refractivity contribution in [3.8, 4) is 0 Å². The normalized spacial score (nSPS) is 13.0. The van der Waals surface area contributed by atoms with E-state index in [2.05, 4.69) is 41.0 Å². The molecule has 1 aliphatic carbocycles. The molecule has 0 spiro atoms. The Kier molecular flexibility index (Phi) is 7.55. The minimum atomic E-state index is -0.262. The number of nitrogens with one attached hydrogen (secondary N) is 2. The average Bonchev–Trinajstić information content (AvgIpc) is 2.96. The summed E-state index contributed by atoms with van der Waals surface area (Å²) in [7, 11) is 0. The number of fused-ring (bicyclic) bond motifs is 1. The van der Waals surface area contributed by atoms with Crippen LogP contribution in [0.1, 0.15) is 58.1 Å². The van der Waals surface area contributed by atoms with Crippen LogP contribution < -0.4 is 10.6 Å². The van der Waals surface area contributed by atoms with Gasteiger partial charge < -0.3 is 15.4 Å². The van der Waals surface area contributed by atoms with Crippen LogP contribution in [-0.4, -0.2) is 17.7 Å². The molecule has 0 atom stereocenters. The molecule has 166 valence electrons. The fourth-order valence-electron chi connectivity index (χ4n) is 4.12. The number of anilines is 2. The van der Waals surface area contributed by atoms with Crippen molar-refractivity contribution in [3.63, 3.8) is 0 Å². The first-order valence-electron chi connectivity index (χ1n) is 11.2. The van der Waals surface area contributed by atoms with E-state index in [0.717, 1.165) is 53.9 Å². The van der Waals surface area contributed by atoms with E-state index < -0.39 is 0 Å². The highest BCUT2D eigenvalue weighted by molar-refractivity contribution is 7.80. The molecule has 0 radical (unpaired) electrons. The van der Waals surface area contributed by atoms with Gasteiger partial charge in [0.05, 0.1) is 12.2 Å². The number of esters is 1. The molecule has 0 bridgehead atoms. The zero-order valence-electron chi connectivity index (χ0n) is 18.3. The molecule has 0 fully saturated rings. The molecule has 0 saturated heterocycles. The van der Waals surface area contributed by atoms with Crippen LogP contribution in [0.2, 0.25) is 0 Å². The molecule has 2 N–H and O–H groups in total. The number of hydrogen-bond acceptors (Lipinski definition) is 4. The molecule has 1 heterocycles. The van der Waals surface area contributed by atoms with E-state index in [0.29, 0.717) is 17.3 Å². The maximum atomic E-state index is 12.8. The molecular weight excluding hydrogens is 436 g/mol. The van der Waals surface area contributed by atoms with Gasteiger partial charge in [-0.2, -0.15) is 0 Å². The number of benzene rings is 2. The third kappa shape index (κ3) is 5.37. The summed E-state index contributed by atoms with van der Waals surface area (Å²) in [5.41, 5.74) is 5.17. The first-order valence-corrected chi connectivity index (χ1v) is 12.4. The minimum absolute atomic E-state index is 0.262. The summed E-state index contributed by atoms with van der Waals surface area (Å²) in [5, 5.41) is 7.91. The van der Waals surface area contributed by atoms with Crippen molar-refractivity contribution in [1.82, 2.24) is 0 Å². The Morgan fingerprint density at radius 3 is 2.56 bits per heavy atom. The van der Waals surface area contributed by atoms with Gasteiger partial charge in [0.25, 0.3) is 0 Å². The molecule has 1 aromatic heterocycles. The summed E-state index contributed by atoms with van der Waals surface area (Å²) in [6.45, 7) is 2.20. The lowest BCUT2D eigenvalue weighted by Crippen LogP contribution is -2.21. The van der Waals surface area contributed by atoms with Crippen molar-refractivity contribution < 1.29 is 9.53 Å². The van der Waals surface area contributed by atoms with Crippen LogP contribution in [0, 0.1) is 0 Å². The summed E-state index contributed by atoms with van der Waals surface area (Å²) in [6.07, 6.45) is 6.20. The molecule has 0 saturated carbocycles. The lowest BCUT2D eigenvalue weighted by atomic mass is 10.0. The van der Waals surface area contributed by atoms with Crippen LogP contribution in [0.15, 0.2) is 54.6 Å². The van der Waals surface area contributed by atoms with Crippen LogP contribution >= 0.6 is 23.6 Å². The minimum Gasteiger partial charge on any atom is -0.462 e. The predicted octanol–water partition coefficient (Wildman–Crippen LogP) is 6.59. The number of thiocarbonyl (C=S) groups is 1. The number of carbonyl (C=O) groups is 1. The Bertz CT molecular complexity index is 1090. The monoisotopic (exact) mass is 464 g/mol. The van der Waals surface area contributed by atoms with Crippen molar-refractivity contribution in [3.05, 3.63) is 81.7 Å². The van der Waals surface area contributed by atoms with Crippen molar-refractivity contribution >= 4 is 45.3 Å². The van der Waals surface area contributed by atoms with E-state index in [1.54, 1.807) is 11.3 Å². The molecule has 0 amide bonds. The van der Waals surface area contributed by atoms with Gasteiger partial charge in [-0.3, -0.25) is 0 Å². The van der Waals surface area contributed by atoms with Gasteiger partial charge in [-0.25, -0.2) is 4.79 Å². The molecule has 32 heavy (non-hydrogen) atoms. The molecular formula is C26H28N2O2S2. The van der Waals surface area contributed by atoms with E-state index in [4.69, 9.17) is 17.0 Å². The number of rotatable bonds is 6. The fraction of sp³-hybridized carbons (Fsp3) is 0.308. The van der Waals surface area contributed by atoms with E-state index >= 15 is 0 Å². The highest BCUT2D eigenvalue weighted by Gasteiger charge is 2.26. The number of para-hydroxylation sites is 1. The fourth-order valence-corrected chi connectivity index (χ4v) is 5.68. The lowest BCUT2D eigenvalue weighted by Gasteiger charge is -2.15. The zero-order chi connectivity index (χ0) is 22.3. The van der Waals surface area contributed by atoms with Crippen LogP contribution in [0.3, 0.4) is 0 Å². The average molecular weight is 465 g/mol. The number of aryl methyl sites for hydroxylation is 1. The van der Waals surface area contributed by atoms with Crippen LogP contribution in [0.4, 0.5) is 10.7 Å². The van der Waals surface area contributed by atoms with Gasteiger partial charge in [0, 0.05) is 10.6 Å². The maximum Gasteiger partial charge on any atom is 0.341 e. The highest BCUT2D eigenvalue weighted by atomic mass is 32.1. The number of thiophene rings is 1. The van der Waals surface area contributed by atoms with Gasteiger partial charge in [0.15, 0.2) is 5.11 Å².